The molecule has 138 valence electrons. The SMILES string of the molecule is CCc1ccc(N2C(=O)[C@@H](C=Nc3ccc(C)cc3C)C(=O)NC2=S)cc1. The van der Waals surface area contributed by atoms with Crippen LogP contribution in [0.2, 0.25) is 0 Å². The van der Waals surface area contributed by atoms with Gasteiger partial charge in [-0.1, -0.05) is 36.8 Å². The van der Waals surface area contributed by atoms with Gasteiger partial charge in [-0.25, -0.2) is 0 Å². The second-order valence-corrected chi connectivity index (χ2v) is 6.92. The molecule has 2 aromatic rings. The minimum Gasteiger partial charge on any atom is -0.301 e. The Balaban J connectivity index is 1.88. The van der Waals surface area contributed by atoms with Crippen molar-refractivity contribution in [1.29, 1.82) is 0 Å². The average Bonchev–Trinajstić information content (AvgIpc) is 2.63. The van der Waals surface area contributed by atoms with Crippen molar-refractivity contribution in [2.24, 2.45) is 10.9 Å². The molecule has 0 bridgehead atoms. The summed E-state index contributed by atoms with van der Waals surface area (Å²) in [5.41, 5.74) is 4.63. The summed E-state index contributed by atoms with van der Waals surface area (Å²) < 4.78 is 0. The van der Waals surface area contributed by atoms with E-state index < -0.39 is 17.7 Å². The van der Waals surface area contributed by atoms with E-state index in [1.54, 1.807) is 0 Å². The van der Waals surface area contributed by atoms with Crippen molar-refractivity contribution in [3.05, 3.63) is 59.2 Å². The van der Waals surface area contributed by atoms with E-state index in [-0.39, 0.29) is 5.11 Å². The highest BCUT2D eigenvalue weighted by Gasteiger charge is 2.38. The number of aryl methyl sites for hydroxylation is 3. The molecular formula is C21H21N3O2S. The van der Waals surface area contributed by atoms with Gasteiger partial charge in [-0.15, -0.1) is 0 Å². The quantitative estimate of drug-likeness (QED) is 0.501. The Morgan fingerprint density at radius 1 is 1.15 bits per heavy atom. The lowest BCUT2D eigenvalue weighted by molar-refractivity contribution is -0.130. The van der Waals surface area contributed by atoms with Gasteiger partial charge < -0.3 is 5.32 Å². The normalized spacial score (nSPS) is 17.5. The first kappa shape index (κ1) is 18.9. The Morgan fingerprint density at radius 3 is 2.48 bits per heavy atom. The van der Waals surface area contributed by atoms with Gasteiger partial charge in [0.25, 0.3) is 5.91 Å². The molecule has 1 saturated heterocycles. The van der Waals surface area contributed by atoms with Crippen LogP contribution in [0.3, 0.4) is 0 Å². The lowest BCUT2D eigenvalue weighted by Gasteiger charge is -2.31. The number of amides is 2. The maximum absolute atomic E-state index is 12.9. The van der Waals surface area contributed by atoms with E-state index in [0.29, 0.717) is 5.69 Å². The first-order chi connectivity index (χ1) is 12.9. The monoisotopic (exact) mass is 379 g/mol. The minimum absolute atomic E-state index is 0.0883. The first-order valence-electron chi connectivity index (χ1n) is 8.80. The van der Waals surface area contributed by atoms with E-state index >= 15 is 0 Å². The van der Waals surface area contributed by atoms with Gasteiger partial charge in [0.05, 0.1) is 11.4 Å². The van der Waals surface area contributed by atoms with E-state index in [2.05, 4.69) is 17.2 Å². The predicted molar refractivity (Wildman–Crippen MR) is 112 cm³/mol. The Kier molecular flexibility index (Phi) is 5.46. The highest BCUT2D eigenvalue weighted by molar-refractivity contribution is 7.80. The van der Waals surface area contributed by atoms with Crippen LogP contribution in [0.15, 0.2) is 47.5 Å². The molecule has 3 rings (SSSR count). The van der Waals surface area contributed by atoms with E-state index in [1.807, 2.05) is 56.3 Å². The summed E-state index contributed by atoms with van der Waals surface area (Å²) in [4.78, 5) is 31.0. The first-order valence-corrected chi connectivity index (χ1v) is 9.20. The molecule has 6 heteroatoms. The fraction of sp³-hybridized carbons (Fsp3) is 0.238. The molecule has 0 aliphatic carbocycles. The Bertz CT molecular complexity index is 935. The highest BCUT2D eigenvalue weighted by Crippen LogP contribution is 2.23. The molecular weight excluding hydrogens is 358 g/mol. The number of aliphatic imine (C=N–C) groups is 1. The molecule has 0 aromatic heterocycles. The molecule has 27 heavy (non-hydrogen) atoms. The molecule has 0 spiro atoms. The molecule has 1 aliphatic rings. The van der Waals surface area contributed by atoms with Crippen LogP contribution in [0.4, 0.5) is 11.4 Å². The summed E-state index contributed by atoms with van der Waals surface area (Å²) in [5, 5.41) is 2.69. The molecule has 0 unspecified atom stereocenters. The van der Waals surface area contributed by atoms with Crippen LogP contribution in [-0.2, 0) is 16.0 Å². The van der Waals surface area contributed by atoms with E-state index in [9.17, 15) is 9.59 Å². The van der Waals surface area contributed by atoms with Gasteiger partial charge in [-0.2, -0.15) is 0 Å². The van der Waals surface area contributed by atoms with Crippen LogP contribution >= 0.6 is 12.2 Å². The van der Waals surface area contributed by atoms with E-state index in [1.165, 1.54) is 11.1 Å². The fourth-order valence-corrected chi connectivity index (χ4v) is 3.25. The highest BCUT2D eigenvalue weighted by atomic mass is 32.1. The zero-order valence-electron chi connectivity index (χ0n) is 15.5. The standard InChI is InChI=1S/C21H21N3O2S/c1-4-15-6-8-16(9-7-15)24-20(26)17(19(25)23-21(24)27)12-22-18-10-5-13(2)11-14(18)3/h5-12,17H,4H2,1-3H3,(H,23,25,27)/t17-/m0/s1. The zero-order chi connectivity index (χ0) is 19.6. The number of hydrogen-bond acceptors (Lipinski definition) is 4. The maximum atomic E-state index is 12.9. The third-order valence-corrected chi connectivity index (χ3v) is 4.80. The van der Waals surface area contributed by atoms with Crippen molar-refractivity contribution in [2.45, 2.75) is 27.2 Å². The molecule has 2 amide bonds. The van der Waals surface area contributed by atoms with Gasteiger partial charge in [-0.3, -0.25) is 19.5 Å². The molecule has 1 N–H and O–H groups in total. The van der Waals surface area contributed by atoms with Crippen molar-refractivity contribution >= 4 is 46.7 Å². The van der Waals surface area contributed by atoms with Crippen molar-refractivity contribution in [1.82, 2.24) is 5.32 Å². The van der Waals surface area contributed by atoms with Gasteiger partial charge in [0.2, 0.25) is 5.91 Å². The number of nitrogens with one attached hydrogen (secondary N) is 1. The minimum atomic E-state index is -1.02. The summed E-state index contributed by atoms with van der Waals surface area (Å²) in [6.45, 7) is 6.01. The number of nitrogens with zero attached hydrogens (tertiary/aromatic N) is 2. The van der Waals surface area contributed by atoms with Gasteiger partial charge in [0, 0.05) is 6.21 Å². The summed E-state index contributed by atoms with van der Waals surface area (Å²) >= 11 is 5.22. The summed E-state index contributed by atoms with van der Waals surface area (Å²) in [6, 6.07) is 13.4. The zero-order valence-corrected chi connectivity index (χ0v) is 16.3. The van der Waals surface area contributed by atoms with Crippen LogP contribution in [0.1, 0.15) is 23.6 Å². The maximum Gasteiger partial charge on any atom is 0.251 e. The Morgan fingerprint density at radius 2 is 1.85 bits per heavy atom. The molecule has 1 fully saturated rings. The third kappa shape index (κ3) is 3.95. The lowest BCUT2D eigenvalue weighted by Crippen LogP contribution is -2.58. The van der Waals surface area contributed by atoms with Gasteiger partial charge in [-0.05, 0) is 61.8 Å². The Hall–Kier alpha value is -2.86. The third-order valence-electron chi connectivity index (χ3n) is 4.52. The van der Waals surface area contributed by atoms with E-state index in [4.69, 9.17) is 12.2 Å². The number of carbonyl (C=O) groups excluding carboxylic acids is 2. The number of benzene rings is 2. The van der Waals surface area contributed by atoms with Gasteiger partial charge in [0.15, 0.2) is 11.0 Å². The number of hydrogen-bond donors (Lipinski definition) is 1. The summed E-state index contributed by atoms with van der Waals surface area (Å²) in [7, 11) is 0. The topological polar surface area (TPSA) is 61.8 Å². The number of carbonyl (C=O) groups is 2. The van der Waals surface area contributed by atoms with Gasteiger partial charge in [0.1, 0.15) is 0 Å². The number of rotatable bonds is 4. The fourth-order valence-electron chi connectivity index (χ4n) is 2.95. The predicted octanol–water partition coefficient (Wildman–Crippen LogP) is 3.63. The number of anilines is 1. The van der Waals surface area contributed by atoms with Crippen molar-refractivity contribution < 1.29 is 9.59 Å². The second-order valence-electron chi connectivity index (χ2n) is 6.53. The smallest absolute Gasteiger partial charge is 0.251 e. The van der Waals surface area contributed by atoms with Crippen molar-refractivity contribution in [3.8, 4) is 0 Å². The lowest BCUT2D eigenvalue weighted by atomic mass is 10.0. The second kappa shape index (κ2) is 7.80. The van der Waals surface area contributed by atoms with Crippen LogP contribution in [0, 0.1) is 19.8 Å². The molecule has 2 aromatic carbocycles. The number of thiocarbonyl (C=S) groups is 1. The largest absolute Gasteiger partial charge is 0.301 e. The molecule has 1 atom stereocenters. The van der Waals surface area contributed by atoms with Crippen LogP contribution in [0.25, 0.3) is 0 Å². The van der Waals surface area contributed by atoms with Gasteiger partial charge >= 0.3 is 0 Å². The molecule has 0 radical (unpaired) electrons. The molecule has 1 aliphatic heterocycles. The Labute approximate surface area is 164 Å². The summed E-state index contributed by atoms with van der Waals surface area (Å²) in [5.74, 6) is -1.88. The molecule has 5 nitrogen and oxygen atoms in total. The molecule has 1 heterocycles. The molecule has 0 saturated carbocycles. The van der Waals surface area contributed by atoms with Crippen LogP contribution in [0.5, 0.6) is 0 Å². The summed E-state index contributed by atoms with van der Waals surface area (Å²) in [6.07, 6.45) is 2.30. The van der Waals surface area contributed by atoms with Crippen molar-refractivity contribution in [2.75, 3.05) is 4.90 Å². The van der Waals surface area contributed by atoms with E-state index in [0.717, 1.165) is 28.8 Å². The van der Waals surface area contributed by atoms with Crippen molar-refractivity contribution in [3.63, 3.8) is 0 Å². The van der Waals surface area contributed by atoms with Crippen LogP contribution < -0.4 is 10.2 Å². The van der Waals surface area contributed by atoms with Crippen LogP contribution in [-0.4, -0.2) is 23.1 Å². The average molecular weight is 379 g/mol.